The highest BCUT2D eigenvalue weighted by Gasteiger charge is 2.37. The van der Waals surface area contributed by atoms with Gasteiger partial charge < -0.3 is 15.2 Å². The number of benzene rings is 2. The number of nitrogens with zero attached hydrogens (tertiary/aromatic N) is 1. The lowest BCUT2D eigenvalue weighted by Gasteiger charge is -2.38. The van der Waals surface area contributed by atoms with Crippen molar-refractivity contribution in [1.29, 1.82) is 0 Å². The molecule has 2 aromatic carbocycles. The van der Waals surface area contributed by atoms with Gasteiger partial charge in [0.1, 0.15) is 5.82 Å². The van der Waals surface area contributed by atoms with Crippen LogP contribution in [-0.2, 0) is 17.8 Å². The summed E-state index contributed by atoms with van der Waals surface area (Å²) < 4.78 is 18.6. The summed E-state index contributed by atoms with van der Waals surface area (Å²) in [7, 11) is 0. The minimum atomic E-state index is -1.54. The van der Waals surface area contributed by atoms with Crippen molar-refractivity contribution >= 4 is 17.7 Å². The maximum Gasteiger partial charge on any atom is 0.409 e. The number of β-amino-alcohol motifs (C(OH)–C–C–N with tert-alkyl or cyclic N) is 1. The molecule has 0 aromatic heterocycles. The lowest BCUT2D eigenvalue weighted by atomic mass is 10.0. The molecule has 1 amide bonds. The molecular weight excluding hydrogens is 371 g/mol. The van der Waals surface area contributed by atoms with Gasteiger partial charge in [-0.1, -0.05) is 41.9 Å². The first kappa shape index (κ1) is 19.6. The normalized spacial score (nSPS) is 20.3. The molecular formula is C20H22ClFN2O3. The predicted octanol–water partition coefficient (Wildman–Crippen LogP) is 3.69. The fraction of sp³-hybridized carbons (Fsp3) is 0.350. The van der Waals surface area contributed by atoms with Crippen LogP contribution in [0.2, 0.25) is 5.02 Å². The minimum absolute atomic E-state index is 0.0557. The van der Waals surface area contributed by atoms with Crippen LogP contribution in [-0.4, -0.2) is 35.0 Å². The van der Waals surface area contributed by atoms with Gasteiger partial charge in [-0.25, -0.2) is 9.18 Å². The summed E-state index contributed by atoms with van der Waals surface area (Å²) in [6, 6.07) is 14.0. The highest BCUT2D eigenvalue weighted by atomic mass is 35.5. The number of hydrogen-bond donors (Lipinski definition) is 2. The second-order valence-electron chi connectivity index (χ2n) is 6.77. The number of aliphatic hydroxyl groups is 1. The third-order valence-corrected chi connectivity index (χ3v) is 4.62. The zero-order valence-electron chi connectivity index (χ0n) is 14.8. The van der Waals surface area contributed by atoms with Gasteiger partial charge >= 0.3 is 6.09 Å². The van der Waals surface area contributed by atoms with Gasteiger partial charge in [0.15, 0.2) is 0 Å². The van der Waals surface area contributed by atoms with E-state index in [-0.39, 0.29) is 18.1 Å². The van der Waals surface area contributed by atoms with E-state index in [9.17, 15) is 14.3 Å². The molecule has 2 aromatic rings. The Balaban J connectivity index is 1.52. The van der Waals surface area contributed by atoms with Crippen LogP contribution in [0.25, 0.3) is 0 Å². The Labute approximate surface area is 162 Å². The van der Waals surface area contributed by atoms with Crippen molar-refractivity contribution < 1.29 is 19.0 Å². The number of alkyl carbamates (subject to hydrolysis) is 1. The van der Waals surface area contributed by atoms with E-state index in [0.29, 0.717) is 18.5 Å². The zero-order valence-corrected chi connectivity index (χ0v) is 15.6. The highest BCUT2D eigenvalue weighted by molar-refractivity contribution is 6.30. The number of halogens is 2. The van der Waals surface area contributed by atoms with Gasteiger partial charge in [-0.2, -0.15) is 0 Å². The molecule has 0 aliphatic carbocycles. The molecule has 1 unspecified atom stereocenters. The number of amides is 1. The van der Waals surface area contributed by atoms with E-state index in [2.05, 4.69) is 10.2 Å². The molecule has 0 radical (unpaired) electrons. The Morgan fingerprint density at radius 1 is 1.26 bits per heavy atom. The van der Waals surface area contributed by atoms with Gasteiger partial charge in [0.25, 0.3) is 0 Å². The molecule has 1 heterocycles. The van der Waals surface area contributed by atoms with Crippen molar-refractivity contribution in [2.24, 2.45) is 0 Å². The van der Waals surface area contributed by atoms with Gasteiger partial charge in [0, 0.05) is 24.5 Å². The molecule has 1 saturated heterocycles. The molecule has 2 N–H and O–H groups in total. The third kappa shape index (κ3) is 5.92. The standard InChI is InChI=1S/C20H22ClFN2O3/c21-17-9-16(10-18(22)11-17)12-23-19(25)27-20(26)7-4-8-24(14-20)13-15-5-2-1-3-6-15/h1-3,5-6,9-11,26H,4,7-8,12-14H2,(H,23,25). The maximum absolute atomic E-state index is 13.3. The smallest absolute Gasteiger partial charge is 0.409 e. The van der Waals surface area contributed by atoms with Crippen LogP contribution in [0.3, 0.4) is 0 Å². The van der Waals surface area contributed by atoms with Gasteiger partial charge in [-0.15, -0.1) is 0 Å². The molecule has 5 nitrogen and oxygen atoms in total. The molecule has 1 aliphatic heterocycles. The first-order valence-corrected chi connectivity index (χ1v) is 9.20. The van der Waals surface area contributed by atoms with E-state index in [1.807, 2.05) is 30.3 Å². The molecule has 0 spiro atoms. The second kappa shape index (κ2) is 8.69. The van der Waals surface area contributed by atoms with E-state index in [1.54, 1.807) is 6.07 Å². The first-order valence-electron chi connectivity index (χ1n) is 8.82. The molecule has 1 atom stereocenters. The van der Waals surface area contributed by atoms with Crippen LogP contribution in [0.5, 0.6) is 0 Å². The topological polar surface area (TPSA) is 61.8 Å². The first-order chi connectivity index (χ1) is 12.9. The molecule has 0 saturated carbocycles. The third-order valence-electron chi connectivity index (χ3n) is 4.40. The number of carbonyl (C=O) groups is 1. The summed E-state index contributed by atoms with van der Waals surface area (Å²) in [4.78, 5) is 14.1. The summed E-state index contributed by atoms with van der Waals surface area (Å²) in [5.74, 6) is -2.02. The highest BCUT2D eigenvalue weighted by Crippen LogP contribution is 2.24. The lowest BCUT2D eigenvalue weighted by Crippen LogP contribution is -2.51. The van der Waals surface area contributed by atoms with Gasteiger partial charge in [-0.05, 0) is 42.3 Å². The summed E-state index contributed by atoms with van der Waals surface area (Å²) >= 11 is 5.80. The van der Waals surface area contributed by atoms with E-state index < -0.39 is 17.7 Å². The Morgan fingerprint density at radius 3 is 2.78 bits per heavy atom. The van der Waals surface area contributed by atoms with Crippen LogP contribution in [0, 0.1) is 5.82 Å². The molecule has 7 heteroatoms. The largest absolute Gasteiger partial charge is 0.416 e. The van der Waals surface area contributed by atoms with Crippen LogP contribution in [0.4, 0.5) is 9.18 Å². The summed E-state index contributed by atoms with van der Waals surface area (Å²) in [6.07, 6.45) is 0.340. The fourth-order valence-electron chi connectivity index (χ4n) is 3.24. The average molecular weight is 393 g/mol. The number of ether oxygens (including phenoxy) is 1. The van der Waals surface area contributed by atoms with Crippen molar-refractivity contribution in [3.8, 4) is 0 Å². The van der Waals surface area contributed by atoms with Crippen LogP contribution >= 0.6 is 11.6 Å². The summed E-state index contributed by atoms with van der Waals surface area (Å²) in [5, 5.41) is 13.4. The molecule has 3 rings (SSSR count). The van der Waals surface area contributed by atoms with Crippen LogP contribution in [0.1, 0.15) is 24.0 Å². The minimum Gasteiger partial charge on any atom is -0.416 e. The van der Waals surface area contributed by atoms with Crippen molar-refractivity contribution in [1.82, 2.24) is 10.2 Å². The van der Waals surface area contributed by atoms with E-state index in [1.165, 1.54) is 12.1 Å². The van der Waals surface area contributed by atoms with Crippen molar-refractivity contribution in [3.05, 3.63) is 70.5 Å². The fourth-order valence-corrected chi connectivity index (χ4v) is 3.49. The molecule has 1 fully saturated rings. The summed E-state index contributed by atoms with van der Waals surface area (Å²) in [6.45, 7) is 1.79. The quantitative estimate of drug-likeness (QED) is 0.762. The molecule has 144 valence electrons. The number of carbonyl (C=O) groups excluding carboxylic acids is 1. The number of nitrogens with one attached hydrogen (secondary N) is 1. The van der Waals surface area contributed by atoms with Crippen molar-refractivity contribution in [2.45, 2.75) is 31.7 Å². The number of piperidine rings is 1. The second-order valence-corrected chi connectivity index (χ2v) is 7.20. The maximum atomic E-state index is 13.3. The average Bonchev–Trinajstić information content (AvgIpc) is 2.60. The Bertz CT molecular complexity index is 770. The van der Waals surface area contributed by atoms with Gasteiger partial charge in [-0.3, -0.25) is 4.90 Å². The SMILES string of the molecule is O=C(NCc1cc(F)cc(Cl)c1)OC1(O)CCCN(Cc2ccccc2)C1. The Hall–Kier alpha value is -2.15. The van der Waals surface area contributed by atoms with E-state index in [0.717, 1.165) is 18.5 Å². The van der Waals surface area contributed by atoms with Crippen LogP contribution < -0.4 is 5.32 Å². The van der Waals surface area contributed by atoms with Crippen molar-refractivity contribution in [2.75, 3.05) is 13.1 Å². The van der Waals surface area contributed by atoms with E-state index >= 15 is 0 Å². The predicted molar refractivity (Wildman–Crippen MR) is 101 cm³/mol. The van der Waals surface area contributed by atoms with Gasteiger partial charge in [0.05, 0.1) is 6.54 Å². The molecule has 0 bridgehead atoms. The molecule has 27 heavy (non-hydrogen) atoms. The Kier molecular flexibility index (Phi) is 6.31. The monoisotopic (exact) mass is 392 g/mol. The number of rotatable bonds is 5. The number of likely N-dealkylation sites (tertiary alicyclic amines) is 1. The van der Waals surface area contributed by atoms with E-state index in [4.69, 9.17) is 16.3 Å². The lowest BCUT2D eigenvalue weighted by molar-refractivity contribution is -0.193. The zero-order chi connectivity index (χ0) is 19.3. The van der Waals surface area contributed by atoms with Crippen LogP contribution in [0.15, 0.2) is 48.5 Å². The van der Waals surface area contributed by atoms with Gasteiger partial charge in [0.2, 0.25) is 5.79 Å². The summed E-state index contributed by atoms with van der Waals surface area (Å²) in [5.41, 5.74) is 1.65. The van der Waals surface area contributed by atoms with Crippen molar-refractivity contribution in [3.63, 3.8) is 0 Å². The molecule has 1 aliphatic rings. The Morgan fingerprint density at radius 2 is 2.04 bits per heavy atom. The number of hydrogen-bond acceptors (Lipinski definition) is 4.